The van der Waals surface area contributed by atoms with Gasteiger partial charge in [-0.3, -0.25) is 0 Å². The van der Waals surface area contributed by atoms with Crippen molar-refractivity contribution in [1.29, 1.82) is 0 Å². The van der Waals surface area contributed by atoms with Crippen LogP contribution in [0.15, 0.2) is 53.4 Å². The van der Waals surface area contributed by atoms with Crippen molar-refractivity contribution in [2.24, 2.45) is 0 Å². The van der Waals surface area contributed by atoms with E-state index in [2.05, 4.69) is 47.6 Å². The summed E-state index contributed by atoms with van der Waals surface area (Å²) in [4.78, 5) is 12.8. The number of esters is 1. The molecule has 2 heterocycles. The van der Waals surface area contributed by atoms with Gasteiger partial charge in [0.2, 0.25) is 0 Å². The second-order valence-electron chi connectivity index (χ2n) is 7.83. The molecule has 5 nitrogen and oxygen atoms in total. The molecule has 2 aromatic carbocycles. The van der Waals surface area contributed by atoms with Crippen LogP contribution < -0.4 is 4.74 Å². The summed E-state index contributed by atoms with van der Waals surface area (Å²) in [5.41, 5.74) is 4.92. The second-order valence-corrected chi connectivity index (χ2v) is 9.00. The minimum atomic E-state index is -0.325. The first-order valence-electron chi connectivity index (χ1n) is 10.8. The Morgan fingerprint density at radius 3 is 2.87 bits per heavy atom. The molecule has 0 aromatic heterocycles. The Kier molecular flexibility index (Phi) is 7.33. The molecular weight excluding hydrogens is 410 g/mol. The molecule has 1 unspecified atom stereocenters. The van der Waals surface area contributed by atoms with Gasteiger partial charge in [-0.25, -0.2) is 9.10 Å². The summed E-state index contributed by atoms with van der Waals surface area (Å²) < 4.78 is 18.8. The fraction of sp³-hybridized carbons (Fsp3) is 0.400. The standard InChI is InChI=1S/C25H29NO4S/c1-3-29-24(27)8-7-22-17-21-15-20(13-18(2)25(21)30-22)14-19-5-4-6-23(16-19)31-26-9-11-28-12-10-26/h4-8,13,15-16,22H,3,9-12,14,17H2,1-2H3/b8-7+. The molecule has 0 radical (unpaired) electrons. The van der Waals surface area contributed by atoms with Crippen molar-refractivity contribution in [3.63, 3.8) is 0 Å². The maximum absolute atomic E-state index is 11.6. The summed E-state index contributed by atoms with van der Waals surface area (Å²) in [5.74, 6) is 0.619. The van der Waals surface area contributed by atoms with E-state index in [1.54, 1.807) is 13.0 Å². The van der Waals surface area contributed by atoms with Gasteiger partial charge in [-0.1, -0.05) is 24.3 Å². The number of carbonyl (C=O) groups is 1. The third kappa shape index (κ3) is 5.91. The van der Waals surface area contributed by atoms with Crippen LogP contribution in [0.1, 0.15) is 29.2 Å². The van der Waals surface area contributed by atoms with E-state index in [4.69, 9.17) is 14.2 Å². The predicted octanol–water partition coefficient (Wildman–Crippen LogP) is 4.35. The molecule has 6 heteroatoms. The number of aryl methyl sites for hydroxylation is 1. The highest BCUT2D eigenvalue weighted by Crippen LogP contribution is 2.35. The smallest absolute Gasteiger partial charge is 0.330 e. The molecule has 2 aliphatic rings. The van der Waals surface area contributed by atoms with Crippen LogP contribution >= 0.6 is 11.9 Å². The summed E-state index contributed by atoms with van der Waals surface area (Å²) in [6.07, 6.45) is 4.79. The zero-order chi connectivity index (χ0) is 21.6. The van der Waals surface area contributed by atoms with E-state index in [0.29, 0.717) is 6.61 Å². The Labute approximate surface area is 188 Å². The van der Waals surface area contributed by atoms with E-state index < -0.39 is 0 Å². The van der Waals surface area contributed by atoms with Crippen LogP contribution in [0.5, 0.6) is 5.75 Å². The Bertz CT molecular complexity index is 953. The van der Waals surface area contributed by atoms with Gasteiger partial charge in [0, 0.05) is 30.5 Å². The van der Waals surface area contributed by atoms with E-state index in [-0.39, 0.29) is 12.1 Å². The highest BCUT2D eigenvalue weighted by Gasteiger charge is 2.23. The van der Waals surface area contributed by atoms with Gasteiger partial charge in [0.25, 0.3) is 0 Å². The normalized spacial score (nSPS) is 18.7. The molecule has 164 valence electrons. The Hall–Kier alpha value is -2.28. The lowest BCUT2D eigenvalue weighted by atomic mass is 9.98. The second kappa shape index (κ2) is 10.4. The fourth-order valence-electron chi connectivity index (χ4n) is 3.98. The lowest BCUT2D eigenvalue weighted by Gasteiger charge is -2.25. The molecule has 0 aliphatic carbocycles. The van der Waals surface area contributed by atoms with E-state index in [1.807, 2.05) is 11.9 Å². The quantitative estimate of drug-likeness (QED) is 0.363. The molecule has 1 atom stereocenters. The van der Waals surface area contributed by atoms with Gasteiger partial charge >= 0.3 is 5.97 Å². The van der Waals surface area contributed by atoms with Crippen LogP contribution in [0.3, 0.4) is 0 Å². The molecule has 31 heavy (non-hydrogen) atoms. The average molecular weight is 440 g/mol. The molecule has 2 aliphatic heterocycles. The van der Waals surface area contributed by atoms with Crippen LogP contribution in [0.4, 0.5) is 0 Å². The first kappa shape index (κ1) is 21.9. The minimum Gasteiger partial charge on any atom is -0.485 e. The van der Waals surface area contributed by atoms with E-state index in [0.717, 1.165) is 50.5 Å². The van der Waals surface area contributed by atoms with Gasteiger partial charge in [0.05, 0.1) is 19.8 Å². The Morgan fingerprint density at radius 2 is 2.06 bits per heavy atom. The van der Waals surface area contributed by atoms with Crippen LogP contribution in [0.2, 0.25) is 0 Å². The maximum atomic E-state index is 11.6. The predicted molar refractivity (Wildman–Crippen MR) is 123 cm³/mol. The van der Waals surface area contributed by atoms with Crippen molar-refractivity contribution in [2.75, 3.05) is 32.9 Å². The molecule has 0 saturated carbocycles. The number of fused-ring (bicyclic) bond motifs is 1. The third-order valence-corrected chi connectivity index (χ3v) is 6.43. The fourth-order valence-corrected chi connectivity index (χ4v) is 4.95. The van der Waals surface area contributed by atoms with Gasteiger partial charge in [0.1, 0.15) is 11.9 Å². The van der Waals surface area contributed by atoms with E-state index >= 15 is 0 Å². The molecule has 0 bridgehead atoms. The SMILES string of the molecule is CCOC(=O)/C=C/C1Cc2cc(Cc3cccc(SN4CCOCC4)c3)cc(C)c2O1. The van der Waals surface area contributed by atoms with Gasteiger partial charge in [-0.2, -0.15) is 0 Å². The van der Waals surface area contributed by atoms with Crippen LogP contribution in [0.25, 0.3) is 0 Å². The topological polar surface area (TPSA) is 48.0 Å². The largest absolute Gasteiger partial charge is 0.485 e. The Balaban J connectivity index is 1.42. The Morgan fingerprint density at radius 1 is 1.23 bits per heavy atom. The monoisotopic (exact) mass is 439 g/mol. The lowest BCUT2D eigenvalue weighted by molar-refractivity contribution is -0.137. The number of hydrogen-bond donors (Lipinski definition) is 0. The van der Waals surface area contributed by atoms with Gasteiger partial charge < -0.3 is 14.2 Å². The van der Waals surface area contributed by atoms with Crippen molar-refractivity contribution in [2.45, 2.75) is 37.7 Å². The molecule has 4 rings (SSSR count). The zero-order valence-corrected chi connectivity index (χ0v) is 19.0. The first-order chi connectivity index (χ1) is 15.1. The van der Waals surface area contributed by atoms with Crippen molar-refractivity contribution in [3.05, 3.63) is 70.8 Å². The first-order valence-corrected chi connectivity index (χ1v) is 11.6. The van der Waals surface area contributed by atoms with Gasteiger partial charge in [-0.05, 0) is 72.7 Å². The molecule has 0 amide bonds. The minimum absolute atomic E-state index is 0.124. The van der Waals surface area contributed by atoms with E-state index in [1.165, 1.54) is 27.7 Å². The van der Waals surface area contributed by atoms with E-state index in [9.17, 15) is 4.79 Å². The van der Waals surface area contributed by atoms with Crippen LogP contribution in [-0.4, -0.2) is 49.3 Å². The number of nitrogens with zero attached hydrogens (tertiary/aromatic N) is 1. The molecule has 0 N–H and O–H groups in total. The summed E-state index contributed by atoms with van der Waals surface area (Å²) in [7, 11) is 0. The summed E-state index contributed by atoms with van der Waals surface area (Å²) >= 11 is 1.81. The van der Waals surface area contributed by atoms with Crippen LogP contribution in [0, 0.1) is 6.92 Å². The number of benzene rings is 2. The summed E-state index contributed by atoms with van der Waals surface area (Å²) in [5, 5.41) is 0. The number of carbonyl (C=O) groups excluding carboxylic acids is 1. The van der Waals surface area contributed by atoms with Crippen molar-refractivity contribution in [1.82, 2.24) is 4.31 Å². The number of hydrogen-bond acceptors (Lipinski definition) is 6. The molecular formula is C25H29NO4S. The van der Waals surface area contributed by atoms with Crippen molar-refractivity contribution < 1.29 is 19.0 Å². The molecule has 1 fully saturated rings. The number of rotatable bonds is 7. The highest BCUT2D eigenvalue weighted by atomic mass is 32.2. The average Bonchev–Trinajstić information content (AvgIpc) is 3.17. The third-order valence-electron chi connectivity index (χ3n) is 5.35. The van der Waals surface area contributed by atoms with Crippen molar-refractivity contribution in [3.8, 4) is 5.75 Å². The van der Waals surface area contributed by atoms with Crippen LogP contribution in [-0.2, 0) is 27.1 Å². The number of morpholine rings is 1. The molecule has 0 spiro atoms. The molecule has 1 saturated heterocycles. The lowest BCUT2D eigenvalue weighted by Crippen LogP contribution is -2.30. The molecule has 2 aromatic rings. The summed E-state index contributed by atoms with van der Waals surface area (Å²) in [6.45, 7) is 7.80. The van der Waals surface area contributed by atoms with Gasteiger partial charge in [0.15, 0.2) is 0 Å². The highest BCUT2D eigenvalue weighted by molar-refractivity contribution is 7.97. The van der Waals surface area contributed by atoms with Gasteiger partial charge in [-0.15, -0.1) is 0 Å². The maximum Gasteiger partial charge on any atom is 0.330 e. The number of ether oxygens (including phenoxy) is 3. The summed E-state index contributed by atoms with van der Waals surface area (Å²) in [6, 6.07) is 13.2. The zero-order valence-electron chi connectivity index (χ0n) is 18.1. The van der Waals surface area contributed by atoms with Crippen molar-refractivity contribution >= 4 is 17.9 Å².